The lowest BCUT2D eigenvalue weighted by molar-refractivity contribution is -0.138. The summed E-state index contributed by atoms with van der Waals surface area (Å²) >= 11 is 0. The summed E-state index contributed by atoms with van der Waals surface area (Å²) in [5, 5.41) is 11.0. The molecule has 18 heavy (non-hydrogen) atoms. The van der Waals surface area contributed by atoms with E-state index in [4.69, 9.17) is 14.6 Å². The number of nitrogens with one attached hydrogen (secondary N) is 1. The number of aromatic nitrogens is 2. The predicted octanol–water partition coefficient (Wildman–Crippen LogP) is -0.303. The number of carbonyl (C=O) groups is 2. The second-order valence-corrected chi connectivity index (χ2v) is 3.30. The molecule has 2 N–H and O–H groups in total. The number of methoxy groups -OCH3 is 2. The van der Waals surface area contributed by atoms with Crippen LogP contribution in [0, 0.1) is 0 Å². The number of nitrogens with zero attached hydrogens (tertiary/aromatic N) is 2. The fourth-order valence-corrected chi connectivity index (χ4v) is 1.19. The predicted molar refractivity (Wildman–Crippen MR) is 59.7 cm³/mol. The van der Waals surface area contributed by atoms with E-state index in [1.807, 2.05) is 0 Å². The third-order valence-electron chi connectivity index (χ3n) is 2.11. The number of aliphatic carboxylic acids is 1. The van der Waals surface area contributed by atoms with E-state index >= 15 is 0 Å². The van der Waals surface area contributed by atoms with Crippen molar-refractivity contribution in [3.63, 3.8) is 0 Å². The Balaban J connectivity index is 3.07. The molecule has 0 aliphatic carbocycles. The van der Waals surface area contributed by atoms with Gasteiger partial charge in [0.15, 0.2) is 5.56 Å². The van der Waals surface area contributed by atoms with Crippen molar-refractivity contribution in [2.45, 2.75) is 13.0 Å². The maximum atomic E-state index is 11.9. The maximum Gasteiger partial charge on any atom is 0.325 e. The Kier molecular flexibility index (Phi) is 4.41. The Morgan fingerprint density at radius 2 is 1.78 bits per heavy atom. The molecule has 0 saturated heterocycles. The number of hydrogen-bond donors (Lipinski definition) is 2. The minimum atomic E-state index is -1.15. The fourth-order valence-electron chi connectivity index (χ4n) is 1.19. The van der Waals surface area contributed by atoms with Crippen LogP contribution >= 0.6 is 0 Å². The van der Waals surface area contributed by atoms with Crippen molar-refractivity contribution in [2.24, 2.45) is 0 Å². The van der Waals surface area contributed by atoms with Gasteiger partial charge in [-0.2, -0.15) is 0 Å². The molecule has 1 aromatic heterocycles. The second kappa shape index (κ2) is 5.80. The first-order chi connectivity index (χ1) is 8.51. The quantitative estimate of drug-likeness (QED) is 0.742. The van der Waals surface area contributed by atoms with E-state index < -0.39 is 17.9 Å². The van der Waals surface area contributed by atoms with Crippen LogP contribution < -0.4 is 14.8 Å². The zero-order valence-electron chi connectivity index (χ0n) is 10.1. The zero-order chi connectivity index (χ0) is 13.7. The molecule has 0 radical (unpaired) electrons. The number of carboxylic acid groups (broad SMARTS) is 1. The molecule has 1 amide bonds. The van der Waals surface area contributed by atoms with Crippen LogP contribution in [0.1, 0.15) is 17.3 Å². The smallest absolute Gasteiger partial charge is 0.325 e. The largest absolute Gasteiger partial charge is 0.480 e. The van der Waals surface area contributed by atoms with Crippen molar-refractivity contribution in [3.8, 4) is 11.8 Å². The van der Waals surface area contributed by atoms with Crippen molar-refractivity contribution < 1.29 is 24.2 Å². The molecular formula is C10H13N3O5. The lowest BCUT2D eigenvalue weighted by Crippen LogP contribution is -2.38. The number of ether oxygens (including phenoxy) is 2. The van der Waals surface area contributed by atoms with Gasteiger partial charge in [-0.15, -0.1) is 0 Å². The molecule has 1 unspecified atom stereocenters. The third kappa shape index (κ3) is 2.84. The number of amides is 1. The van der Waals surface area contributed by atoms with E-state index in [1.165, 1.54) is 27.5 Å². The van der Waals surface area contributed by atoms with E-state index in [9.17, 15) is 9.59 Å². The topological polar surface area (TPSA) is 111 Å². The van der Waals surface area contributed by atoms with Gasteiger partial charge >= 0.3 is 5.97 Å². The molecule has 8 nitrogen and oxygen atoms in total. The van der Waals surface area contributed by atoms with Gasteiger partial charge < -0.3 is 19.9 Å². The van der Waals surface area contributed by atoms with E-state index in [0.29, 0.717) is 0 Å². The van der Waals surface area contributed by atoms with Crippen molar-refractivity contribution in [1.29, 1.82) is 0 Å². The van der Waals surface area contributed by atoms with E-state index in [0.717, 1.165) is 0 Å². The average molecular weight is 255 g/mol. The highest BCUT2D eigenvalue weighted by atomic mass is 16.5. The van der Waals surface area contributed by atoms with Crippen molar-refractivity contribution in [2.75, 3.05) is 14.2 Å². The SMILES string of the molecule is COc1ncnc(OC)c1C(=O)NC(C)C(=O)O. The summed E-state index contributed by atoms with van der Waals surface area (Å²) in [6, 6.07) is -1.05. The van der Waals surface area contributed by atoms with Crippen molar-refractivity contribution >= 4 is 11.9 Å². The number of carbonyl (C=O) groups excluding carboxylic acids is 1. The van der Waals surface area contributed by atoms with Gasteiger partial charge in [-0.1, -0.05) is 0 Å². The lowest BCUT2D eigenvalue weighted by Gasteiger charge is -2.12. The molecule has 0 aliphatic heterocycles. The van der Waals surface area contributed by atoms with Gasteiger partial charge in [0.05, 0.1) is 14.2 Å². The molecule has 0 bridgehead atoms. The summed E-state index contributed by atoms with van der Waals surface area (Å²) in [6.07, 6.45) is 1.18. The number of rotatable bonds is 5. The molecule has 98 valence electrons. The Morgan fingerprint density at radius 1 is 1.28 bits per heavy atom. The molecule has 1 aromatic rings. The highest BCUT2D eigenvalue weighted by Crippen LogP contribution is 2.23. The van der Waals surface area contributed by atoms with Gasteiger partial charge in [-0.25, -0.2) is 9.97 Å². The Morgan fingerprint density at radius 3 is 2.17 bits per heavy atom. The van der Waals surface area contributed by atoms with Crippen molar-refractivity contribution in [1.82, 2.24) is 15.3 Å². The lowest BCUT2D eigenvalue weighted by atomic mass is 10.2. The van der Waals surface area contributed by atoms with Gasteiger partial charge in [0.25, 0.3) is 5.91 Å². The van der Waals surface area contributed by atoms with Gasteiger partial charge in [-0.05, 0) is 6.92 Å². The zero-order valence-corrected chi connectivity index (χ0v) is 10.1. The Hall–Kier alpha value is -2.38. The molecule has 1 heterocycles. The van der Waals surface area contributed by atoms with Crippen molar-refractivity contribution in [3.05, 3.63) is 11.9 Å². The third-order valence-corrected chi connectivity index (χ3v) is 2.11. The summed E-state index contributed by atoms with van der Waals surface area (Å²) in [6.45, 7) is 1.34. The maximum absolute atomic E-state index is 11.9. The molecular weight excluding hydrogens is 242 g/mol. The minimum absolute atomic E-state index is 0.0111. The number of hydrogen-bond acceptors (Lipinski definition) is 6. The van der Waals surface area contributed by atoms with Crippen LogP contribution in [0.25, 0.3) is 0 Å². The molecule has 0 aromatic carbocycles. The van der Waals surface area contributed by atoms with Gasteiger partial charge in [0.2, 0.25) is 11.8 Å². The molecule has 0 spiro atoms. The van der Waals surface area contributed by atoms with Crippen LogP contribution in [-0.4, -0.2) is 47.2 Å². The molecule has 0 aliphatic rings. The summed E-state index contributed by atoms with van der Waals surface area (Å²) in [4.78, 5) is 30.1. The molecule has 8 heteroatoms. The second-order valence-electron chi connectivity index (χ2n) is 3.30. The normalized spacial score (nSPS) is 11.5. The summed E-state index contributed by atoms with van der Waals surface area (Å²) in [5.74, 6) is -1.81. The highest BCUT2D eigenvalue weighted by Gasteiger charge is 2.24. The summed E-state index contributed by atoms with van der Waals surface area (Å²) in [7, 11) is 2.67. The summed E-state index contributed by atoms with van der Waals surface area (Å²) < 4.78 is 9.82. The van der Waals surface area contributed by atoms with E-state index in [2.05, 4.69) is 15.3 Å². The minimum Gasteiger partial charge on any atom is -0.480 e. The Labute approximate surface area is 103 Å². The molecule has 0 fully saturated rings. The van der Waals surface area contributed by atoms with Crippen LogP contribution in [0.2, 0.25) is 0 Å². The first kappa shape index (κ1) is 13.7. The van der Waals surface area contributed by atoms with E-state index in [1.54, 1.807) is 0 Å². The van der Waals surface area contributed by atoms with Crippen LogP contribution in [0.15, 0.2) is 6.33 Å². The summed E-state index contributed by atoms with van der Waals surface area (Å²) in [5.41, 5.74) is -0.0457. The first-order valence-electron chi connectivity index (χ1n) is 4.97. The monoisotopic (exact) mass is 255 g/mol. The Bertz CT molecular complexity index is 441. The van der Waals surface area contributed by atoms with Gasteiger partial charge in [-0.3, -0.25) is 9.59 Å². The van der Waals surface area contributed by atoms with Gasteiger partial charge in [0.1, 0.15) is 12.4 Å². The highest BCUT2D eigenvalue weighted by molar-refractivity contribution is 6.00. The van der Waals surface area contributed by atoms with E-state index in [-0.39, 0.29) is 17.3 Å². The standard InChI is InChI=1S/C10H13N3O5/c1-5(10(15)16)13-7(14)6-8(17-2)11-4-12-9(6)18-3/h4-5H,1-3H3,(H,13,14)(H,15,16). The number of carboxylic acids is 1. The van der Waals surface area contributed by atoms with Crippen LogP contribution in [-0.2, 0) is 4.79 Å². The van der Waals surface area contributed by atoms with Crippen LogP contribution in [0.5, 0.6) is 11.8 Å². The molecule has 1 atom stereocenters. The van der Waals surface area contributed by atoms with Gasteiger partial charge in [0, 0.05) is 0 Å². The first-order valence-corrected chi connectivity index (χ1v) is 4.97. The van der Waals surface area contributed by atoms with Crippen LogP contribution in [0.3, 0.4) is 0 Å². The van der Waals surface area contributed by atoms with Crippen LogP contribution in [0.4, 0.5) is 0 Å². The molecule has 1 rings (SSSR count). The molecule has 0 saturated carbocycles. The fraction of sp³-hybridized carbons (Fsp3) is 0.400. The average Bonchev–Trinajstić information content (AvgIpc) is 2.37.